The van der Waals surface area contributed by atoms with E-state index in [2.05, 4.69) is 78.9 Å². The van der Waals surface area contributed by atoms with E-state index in [9.17, 15) is 86.3 Å². The molecule has 552 valence electrons. The van der Waals surface area contributed by atoms with Crippen LogP contribution in [0.3, 0.4) is 0 Å². The largest absolute Gasteiger partial charge is 0.336 e. The number of hydrogen-bond acceptors (Lipinski definition) is 18. The third-order valence-corrected chi connectivity index (χ3v) is 13.9. The Labute approximate surface area is 580 Å². The lowest BCUT2D eigenvalue weighted by molar-refractivity contribution is 0.491. The average molecular weight is 1420 g/mol. The maximum absolute atomic E-state index is 11.9. The predicted molar refractivity (Wildman–Crippen MR) is 392 cm³/mol. The third-order valence-electron chi connectivity index (χ3n) is 13.9. The number of rotatable bonds is 30. The molecule has 0 N–H and O–H groups in total. The van der Waals surface area contributed by atoms with E-state index in [0.717, 1.165) is 82.2 Å². The number of aromatic nitrogens is 18. The number of hydrogen-bond donors (Lipinski definition) is 0. The van der Waals surface area contributed by atoms with Gasteiger partial charge >= 0.3 is 102 Å². The Morgan fingerprint density at radius 1 is 0.147 bits per heavy atom. The lowest BCUT2D eigenvalue weighted by atomic mass is 10.5. The molecule has 0 fully saturated rings. The van der Waals surface area contributed by atoms with Crippen LogP contribution in [0.5, 0.6) is 0 Å². The highest BCUT2D eigenvalue weighted by Crippen LogP contribution is 1.85. The van der Waals surface area contributed by atoms with Crippen molar-refractivity contribution in [1.82, 2.24) is 82.2 Å². The summed E-state index contributed by atoms with van der Waals surface area (Å²) < 4.78 is 17.7. The maximum atomic E-state index is 11.9. The van der Waals surface area contributed by atoms with Gasteiger partial charge in [-0.15, -0.1) is 78.9 Å². The first-order valence-corrected chi connectivity index (χ1v) is 31.5. The molecule has 6 aromatic heterocycles. The van der Waals surface area contributed by atoms with Gasteiger partial charge in [0.05, 0.1) is 78.5 Å². The van der Waals surface area contributed by atoms with E-state index in [1.54, 1.807) is 41.5 Å². The molecule has 0 saturated carbocycles. The summed E-state index contributed by atoms with van der Waals surface area (Å²) in [4.78, 5) is 213. The van der Waals surface area contributed by atoms with Gasteiger partial charge in [-0.3, -0.25) is 0 Å². The minimum Gasteiger partial charge on any atom is -0.247 e. The molecule has 0 atom stereocenters. The van der Waals surface area contributed by atoms with Crippen molar-refractivity contribution in [3.8, 4) is 0 Å². The van der Waals surface area contributed by atoms with Crippen LogP contribution in [0.4, 0.5) is 0 Å². The summed E-state index contributed by atoms with van der Waals surface area (Å²) in [5, 5.41) is 0. The molecule has 0 aliphatic carbocycles. The molecular weight excluding hydrogens is 1330 g/mol. The van der Waals surface area contributed by atoms with Crippen LogP contribution in [-0.4, -0.2) is 82.2 Å². The van der Waals surface area contributed by atoms with Crippen molar-refractivity contribution in [2.24, 2.45) is 0 Å². The van der Waals surface area contributed by atoms with E-state index in [4.69, 9.17) is 0 Å². The van der Waals surface area contributed by atoms with Gasteiger partial charge < -0.3 is 0 Å². The van der Waals surface area contributed by atoms with Crippen molar-refractivity contribution in [2.75, 3.05) is 0 Å². The Kier molecular flexibility index (Phi) is 36.7. The highest BCUT2D eigenvalue weighted by molar-refractivity contribution is 4.91. The summed E-state index contributed by atoms with van der Waals surface area (Å²) >= 11 is 0. The molecule has 0 saturated heterocycles. The normalized spacial score (nSPS) is 10.2. The van der Waals surface area contributed by atoms with Gasteiger partial charge in [0.15, 0.2) is 0 Å². The smallest absolute Gasteiger partial charge is 0.247 e. The third kappa shape index (κ3) is 20.2. The van der Waals surface area contributed by atoms with Crippen LogP contribution in [0.1, 0.15) is 41.5 Å². The fourth-order valence-electron chi connectivity index (χ4n) is 9.14. The first-order chi connectivity index (χ1) is 48.5. The number of allylic oxidation sites excluding steroid dienone is 12. The van der Waals surface area contributed by atoms with Crippen LogP contribution in [-0.2, 0) is 118 Å². The highest BCUT2D eigenvalue weighted by atomic mass is 16.2. The molecule has 36 nitrogen and oxygen atoms in total. The highest BCUT2D eigenvalue weighted by Gasteiger charge is 2.18. The monoisotopic (exact) mass is 1420 g/mol. The Morgan fingerprint density at radius 3 is 0.255 bits per heavy atom. The van der Waals surface area contributed by atoms with E-state index in [1.807, 2.05) is 0 Å². The van der Waals surface area contributed by atoms with Crippen LogP contribution in [0.25, 0.3) is 0 Å². The molecule has 6 rings (SSSR count). The van der Waals surface area contributed by atoms with Gasteiger partial charge in [0.2, 0.25) is 0 Å². The van der Waals surface area contributed by atoms with Gasteiger partial charge in [-0.2, -0.15) is 0 Å². The van der Waals surface area contributed by atoms with Crippen molar-refractivity contribution < 1.29 is 0 Å². The van der Waals surface area contributed by atoms with Gasteiger partial charge in [0.25, 0.3) is 0 Å². The van der Waals surface area contributed by atoms with Gasteiger partial charge in [-0.25, -0.2) is 169 Å². The summed E-state index contributed by atoms with van der Waals surface area (Å²) in [6, 6.07) is 0. The second-order valence-electron chi connectivity index (χ2n) is 20.3. The van der Waals surface area contributed by atoms with Gasteiger partial charge in [0.1, 0.15) is 0 Å². The molecule has 6 aromatic rings. The Bertz CT molecular complexity index is 4180. The van der Waals surface area contributed by atoms with Crippen molar-refractivity contribution in [3.63, 3.8) is 0 Å². The Balaban J connectivity index is 0.000000612. The summed E-state index contributed by atoms with van der Waals surface area (Å²) in [5.74, 6) is 0. The fraction of sp³-hybridized carbons (Fsp3) is 0.364. The minimum atomic E-state index is -0.635. The summed E-state index contributed by atoms with van der Waals surface area (Å²) in [7, 11) is 0. The molecule has 0 bridgehead atoms. The van der Waals surface area contributed by atoms with Crippen molar-refractivity contribution in [2.45, 2.75) is 159 Å². The first-order valence-electron chi connectivity index (χ1n) is 31.5. The Morgan fingerprint density at radius 2 is 0.206 bits per heavy atom. The number of nitrogens with zero attached hydrogens (tertiary/aromatic N) is 18. The molecule has 36 heteroatoms. The fourth-order valence-corrected chi connectivity index (χ4v) is 9.14. The molecule has 102 heavy (non-hydrogen) atoms. The summed E-state index contributed by atoms with van der Waals surface area (Å²) in [5.41, 5.74) is -11.1. The lowest BCUT2D eigenvalue weighted by Crippen LogP contribution is -2.54. The van der Waals surface area contributed by atoms with E-state index in [0.29, 0.717) is 0 Å². The first kappa shape index (κ1) is 87.4. The zero-order valence-electron chi connectivity index (χ0n) is 58.5. The molecular formula is C66H90N18O18. The molecule has 0 unspecified atom stereocenters. The molecule has 6 heterocycles. The molecule has 0 amide bonds. The maximum Gasteiger partial charge on any atom is 0.336 e. The second kappa shape index (κ2) is 42.9. The van der Waals surface area contributed by atoms with Crippen LogP contribution in [0, 0.1) is 0 Å². The van der Waals surface area contributed by atoms with Gasteiger partial charge in [-0.1, -0.05) is 72.9 Å². The Hall–Kier alpha value is -12.7. The standard InChI is InChI=1S/6C11H15N3O3/c6*1-4-7-13-9(15)12(6-3)10(16)14(8-5-2)11(13)17/h6*4-5H,1-2,6-8H2,3H3. The van der Waals surface area contributed by atoms with Gasteiger partial charge in [0, 0.05) is 39.3 Å². The summed E-state index contributed by atoms with van der Waals surface area (Å²) in [6.07, 6.45) is 17.2. The molecule has 0 aliphatic rings. The molecule has 0 aromatic carbocycles. The zero-order valence-corrected chi connectivity index (χ0v) is 58.5. The zero-order chi connectivity index (χ0) is 78.0. The summed E-state index contributed by atoms with van der Waals surface area (Å²) in [6.45, 7) is 54.0. The van der Waals surface area contributed by atoms with Crippen molar-refractivity contribution in [3.05, 3.63) is 341 Å². The van der Waals surface area contributed by atoms with E-state index >= 15 is 0 Å². The van der Waals surface area contributed by atoms with E-state index in [-0.39, 0.29) is 118 Å². The van der Waals surface area contributed by atoms with Crippen molar-refractivity contribution in [1.29, 1.82) is 0 Å². The quantitative estimate of drug-likeness (QED) is 0.0417. The average Bonchev–Trinajstić information content (AvgIpc) is 0.841. The van der Waals surface area contributed by atoms with E-state index in [1.165, 1.54) is 72.9 Å². The van der Waals surface area contributed by atoms with Gasteiger partial charge in [-0.05, 0) is 41.5 Å². The van der Waals surface area contributed by atoms with Crippen molar-refractivity contribution >= 4 is 0 Å². The molecule has 0 radical (unpaired) electrons. The van der Waals surface area contributed by atoms with Crippen LogP contribution >= 0.6 is 0 Å². The second-order valence-corrected chi connectivity index (χ2v) is 20.3. The topological polar surface area (TPSA) is 396 Å². The predicted octanol–water partition coefficient (Wildman–Crippen LogP) is -2.62. The molecule has 0 spiro atoms. The van der Waals surface area contributed by atoms with Crippen LogP contribution in [0.15, 0.2) is 238 Å². The van der Waals surface area contributed by atoms with E-state index < -0.39 is 102 Å². The molecule has 0 aliphatic heterocycles. The minimum absolute atomic E-state index is 0.0785. The van der Waals surface area contributed by atoms with Crippen LogP contribution < -0.4 is 102 Å². The lowest BCUT2D eigenvalue weighted by Gasteiger charge is -2.10. The SMILES string of the molecule is C=CCn1c(=O)n(CC)c(=O)n(CC=C)c1=O.C=CCn1c(=O)n(CC)c(=O)n(CC=C)c1=O.C=CCn1c(=O)n(CC)c(=O)n(CC=C)c1=O.C=CCn1c(=O)n(CC)c(=O)n(CC=C)c1=O.C=CCn1c(=O)n(CC)c(=O)n(CC=C)c1=O.C=CCn1c(=O)n(CC)c(=O)n(CC=C)c1=O. The van der Waals surface area contributed by atoms with Crippen LogP contribution in [0.2, 0.25) is 0 Å².